The van der Waals surface area contributed by atoms with E-state index in [0.29, 0.717) is 12.2 Å². The molecule has 0 aliphatic carbocycles. The number of rotatable bonds is 11. The second-order valence-corrected chi connectivity index (χ2v) is 6.39. The van der Waals surface area contributed by atoms with Gasteiger partial charge in [-0.25, -0.2) is 0 Å². The first-order valence-electron chi connectivity index (χ1n) is 7.64. The van der Waals surface area contributed by atoms with Gasteiger partial charge in [-0.05, 0) is 32.3 Å². The van der Waals surface area contributed by atoms with Crippen molar-refractivity contribution < 1.29 is 29.4 Å². The lowest BCUT2D eigenvalue weighted by molar-refractivity contribution is -0.142. The Morgan fingerprint density at radius 2 is 1.68 bits per heavy atom. The molecule has 11 heteroatoms. The van der Waals surface area contributed by atoms with Crippen LogP contribution in [-0.2, 0) is 19.2 Å². The number of hydrogen-bond donors (Lipinski definition) is 6. The molecular weight excluding hydrogens is 352 g/mol. The number of carbonyl (C=O) groups excluding carboxylic acids is 3. The number of nitrogens with one attached hydrogen (secondary N) is 3. The Morgan fingerprint density at radius 3 is 2.12 bits per heavy atom. The van der Waals surface area contributed by atoms with E-state index in [-0.39, 0.29) is 6.54 Å². The Labute approximate surface area is 150 Å². The Kier molecular flexibility index (Phi) is 10.8. The van der Waals surface area contributed by atoms with Crippen LogP contribution in [0.4, 0.5) is 0 Å². The monoisotopic (exact) mass is 378 g/mol. The summed E-state index contributed by atoms with van der Waals surface area (Å²) >= 11 is 1.47. The van der Waals surface area contributed by atoms with Crippen LogP contribution in [0.5, 0.6) is 0 Å². The zero-order valence-electron chi connectivity index (χ0n) is 14.4. The average molecular weight is 378 g/mol. The first-order chi connectivity index (χ1) is 11.6. The van der Waals surface area contributed by atoms with Crippen molar-refractivity contribution in [1.29, 1.82) is 0 Å². The summed E-state index contributed by atoms with van der Waals surface area (Å²) in [5.41, 5.74) is 5.22. The predicted molar refractivity (Wildman–Crippen MR) is 92.8 cm³/mol. The van der Waals surface area contributed by atoms with Gasteiger partial charge in [-0.2, -0.15) is 11.8 Å². The van der Waals surface area contributed by atoms with Crippen molar-refractivity contribution in [3.63, 3.8) is 0 Å². The molecule has 0 aromatic carbocycles. The van der Waals surface area contributed by atoms with E-state index in [2.05, 4.69) is 16.0 Å². The van der Waals surface area contributed by atoms with Crippen molar-refractivity contribution in [2.75, 3.05) is 18.6 Å². The molecule has 0 aliphatic heterocycles. The van der Waals surface area contributed by atoms with E-state index >= 15 is 0 Å². The van der Waals surface area contributed by atoms with Crippen LogP contribution in [0, 0.1) is 0 Å². The van der Waals surface area contributed by atoms with Crippen LogP contribution in [0.3, 0.4) is 0 Å². The number of aliphatic hydroxyl groups is 1. The van der Waals surface area contributed by atoms with Crippen molar-refractivity contribution in [3.8, 4) is 0 Å². The highest BCUT2D eigenvalue weighted by atomic mass is 32.2. The second kappa shape index (κ2) is 11.7. The van der Waals surface area contributed by atoms with E-state index in [9.17, 15) is 24.3 Å². The highest BCUT2D eigenvalue weighted by Crippen LogP contribution is 2.03. The third kappa shape index (κ3) is 8.70. The lowest BCUT2D eigenvalue weighted by atomic mass is 10.1. The van der Waals surface area contributed by atoms with E-state index in [1.807, 2.05) is 6.26 Å². The molecule has 144 valence electrons. The molecule has 25 heavy (non-hydrogen) atoms. The third-order valence-corrected chi connectivity index (χ3v) is 3.88. The van der Waals surface area contributed by atoms with Crippen molar-refractivity contribution in [2.45, 2.75) is 44.5 Å². The van der Waals surface area contributed by atoms with Gasteiger partial charge in [0.2, 0.25) is 17.7 Å². The van der Waals surface area contributed by atoms with Crippen molar-refractivity contribution in [3.05, 3.63) is 0 Å². The van der Waals surface area contributed by atoms with Crippen LogP contribution in [-0.4, -0.2) is 76.7 Å². The molecule has 0 aromatic rings. The van der Waals surface area contributed by atoms with Crippen LogP contribution in [0.25, 0.3) is 0 Å². The minimum Gasteiger partial charge on any atom is -0.480 e. The van der Waals surface area contributed by atoms with Crippen molar-refractivity contribution >= 4 is 35.5 Å². The summed E-state index contributed by atoms with van der Waals surface area (Å²) in [6, 6.07) is -3.47. The van der Waals surface area contributed by atoms with Crippen LogP contribution >= 0.6 is 11.8 Å². The summed E-state index contributed by atoms with van der Waals surface area (Å²) in [5.74, 6) is -2.72. The summed E-state index contributed by atoms with van der Waals surface area (Å²) in [7, 11) is 0. The maximum atomic E-state index is 12.4. The predicted octanol–water partition coefficient (Wildman–Crippen LogP) is -2.36. The molecule has 0 saturated carbocycles. The summed E-state index contributed by atoms with van der Waals surface area (Å²) < 4.78 is 0. The van der Waals surface area contributed by atoms with E-state index in [1.165, 1.54) is 25.6 Å². The lowest BCUT2D eigenvalue weighted by Gasteiger charge is -2.25. The third-order valence-electron chi connectivity index (χ3n) is 3.24. The lowest BCUT2D eigenvalue weighted by Crippen LogP contribution is -2.59. The molecule has 0 radical (unpaired) electrons. The van der Waals surface area contributed by atoms with Crippen LogP contribution in [0.15, 0.2) is 0 Å². The van der Waals surface area contributed by atoms with Gasteiger partial charge < -0.3 is 31.9 Å². The second-order valence-electron chi connectivity index (χ2n) is 5.40. The Balaban J connectivity index is 5.05. The molecule has 4 unspecified atom stereocenters. The van der Waals surface area contributed by atoms with Crippen LogP contribution in [0.1, 0.15) is 20.3 Å². The number of nitrogens with two attached hydrogens (primary N) is 1. The molecule has 0 aliphatic rings. The average Bonchev–Trinajstić information content (AvgIpc) is 2.54. The van der Waals surface area contributed by atoms with Crippen molar-refractivity contribution in [1.82, 2.24) is 16.0 Å². The number of amides is 3. The Morgan fingerprint density at radius 1 is 1.08 bits per heavy atom. The van der Waals surface area contributed by atoms with E-state index in [1.54, 1.807) is 0 Å². The number of thioether (sulfide) groups is 1. The highest BCUT2D eigenvalue weighted by molar-refractivity contribution is 7.98. The Bertz CT molecular complexity index is 488. The molecule has 0 heterocycles. The standard InChI is InChI=1S/C14H26N4O6S/c1-7(14(23)24)16-13(22)11(8(2)19)18-12(21)9(4-5-25-3)17-10(20)6-15/h7-9,11,19H,4-6,15H2,1-3H3,(H,16,22)(H,17,20)(H,18,21)(H,23,24). The molecule has 3 amide bonds. The van der Waals surface area contributed by atoms with E-state index < -0.39 is 47.9 Å². The van der Waals surface area contributed by atoms with Crippen LogP contribution < -0.4 is 21.7 Å². The van der Waals surface area contributed by atoms with E-state index in [0.717, 1.165) is 0 Å². The normalized spacial score (nSPS) is 15.4. The fraction of sp³-hybridized carbons (Fsp3) is 0.714. The molecule has 0 spiro atoms. The van der Waals surface area contributed by atoms with Gasteiger partial charge in [0, 0.05) is 0 Å². The largest absolute Gasteiger partial charge is 0.480 e. The van der Waals surface area contributed by atoms with Gasteiger partial charge in [-0.3, -0.25) is 19.2 Å². The molecule has 7 N–H and O–H groups in total. The summed E-state index contributed by atoms with van der Waals surface area (Å²) in [6.07, 6.45) is 0.869. The molecule has 0 rings (SSSR count). The molecule has 10 nitrogen and oxygen atoms in total. The SMILES string of the molecule is CSCCC(NC(=O)CN)C(=O)NC(C(=O)NC(C)C(=O)O)C(C)O. The summed E-state index contributed by atoms with van der Waals surface area (Å²) in [6.45, 7) is 2.24. The van der Waals surface area contributed by atoms with Gasteiger partial charge >= 0.3 is 5.97 Å². The topological polar surface area (TPSA) is 171 Å². The van der Waals surface area contributed by atoms with Gasteiger partial charge in [-0.1, -0.05) is 0 Å². The number of aliphatic carboxylic acids is 1. The Hall–Kier alpha value is -1.85. The first kappa shape index (κ1) is 23.1. The van der Waals surface area contributed by atoms with Gasteiger partial charge in [0.25, 0.3) is 0 Å². The van der Waals surface area contributed by atoms with Gasteiger partial charge in [-0.15, -0.1) is 0 Å². The molecular formula is C14H26N4O6S. The number of carbonyl (C=O) groups is 4. The fourth-order valence-electron chi connectivity index (χ4n) is 1.78. The molecule has 0 saturated heterocycles. The number of aliphatic hydroxyl groups excluding tert-OH is 1. The highest BCUT2D eigenvalue weighted by Gasteiger charge is 2.30. The van der Waals surface area contributed by atoms with Gasteiger partial charge in [0.05, 0.1) is 12.6 Å². The quantitative estimate of drug-likeness (QED) is 0.232. The molecule has 0 aromatic heterocycles. The smallest absolute Gasteiger partial charge is 0.325 e. The minimum absolute atomic E-state index is 0.292. The molecule has 0 fully saturated rings. The number of carboxylic acids is 1. The minimum atomic E-state index is -1.36. The molecule has 0 bridgehead atoms. The number of carboxylic acid groups (broad SMARTS) is 1. The zero-order valence-corrected chi connectivity index (χ0v) is 15.3. The fourth-order valence-corrected chi connectivity index (χ4v) is 2.25. The maximum Gasteiger partial charge on any atom is 0.325 e. The van der Waals surface area contributed by atoms with Gasteiger partial charge in [0.1, 0.15) is 18.1 Å². The van der Waals surface area contributed by atoms with Crippen molar-refractivity contribution in [2.24, 2.45) is 5.73 Å². The first-order valence-corrected chi connectivity index (χ1v) is 9.03. The zero-order chi connectivity index (χ0) is 19.6. The molecule has 4 atom stereocenters. The summed E-state index contributed by atoms with van der Waals surface area (Å²) in [5, 5.41) is 25.5. The summed E-state index contributed by atoms with van der Waals surface area (Å²) in [4.78, 5) is 46.7. The van der Waals surface area contributed by atoms with E-state index in [4.69, 9.17) is 10.8 Å². The number of hydrogen-bond acceptors (Lipinski definition) is 7. The maximum absolute atomic E-state index is 12.4. The van der Waals surface area contributed by atoms with Crippen LogP contribution in [0.2, 0.25) is 0 Å². The van der Waals surface area contributed by atoms with Gasteiger partial charge in [0.15, 0.2) is 0 Å².